The fourth-order valence-corrected chi connectivity index (χ4v) is 11.0. The number of fused-ring (bicyclic) bond motifs is 3. The SMILES string of the molecule is CO.COc1ccnc(Cl)n1.COc1ccnc(Nc2cc(N)ccc2C)n1.COc1ccnc(Nc2cc(NC(=O)c3n[nH]c4ccccc34)ccc2C)n1.COc1ccnc(Nc2cc([N+](=O)[O-])ccc2C)n1.Cc1ccc(NC(=O)c2n[nH]c3ccccc23)cc1Nc1nccc(Cl)n1.Cc1ccc([N+](=O)[O-])cc1N.O=C(O)c1n[nH]c2ccccc12. The number of para-hydroxylation sites is 3. The fourth-order valence-electron chi connectivity index (χ4n) is 10.7. The minimum atomic E-state index is -1.01. The number of aryl methyl sites for hydroxylation is 5. The number of hydrogen-bond donors (Lipinski definition) is 13. The van der Waals surface area contributed by atoms with Crippen LogP contribution in [-0.4, -0.2) is 154 Å². The van der Waals surface area contributed by atoms with Gasteiger partial charge in [-0.25, -0.2) is 34.7 Å². The Labute approximate surface area is 722 Å². The van der Waals surface area contributed by atoms with Crippen LogP contribution in [0.5, 0.6) is 23.5 Å². The summed E-state index contributed by atoms with van der Waals surface area (Å²) < 4.78 is 19.9. The normalized spacial score (nSPS) is 10.1. The molecule has 640 valence electrons. The maximum absolute atomic E-state index is 12.7. The number of nitro groups is 2. The molecule has 0 aliphatic rings. The van der Waals surface area contributed by atoms with Gasteiger partial charge >= 0.3 is 5.97 Å². The van der Waals surface area contributed by atoms with Gasteiger partial charge in [-0.2, -0.15) is 35.2 Å². The number of ether oxygens (including phenoxy) is 4. The molecule has 16 rings (SSSR count). The van der Waals surface area contributed by atoms with Gasteiger partial charge in [0.2, 0.25) is 52.6 Å². The summed E-state index contributed by atoms with van der Waals surface area (Å²) in [6, 6.07) is 56.0. The molecule has 0 aliphatic heterocycles. The number of carboxylic acids is 1. The van der Waals surface area contributed by atoms with Crippen molar-refractivity contribution in [2.75, 3.05) is 78.9 Å². The van der Waals surface area contributed by atoms with Crippen molar-refractivity contribution in [1.29, 1.82) is 0 Å². The van der Waals surface area contributed by atoms with E-state index in [1.807, 2.05) is 137 Å². The lowest BCUT2D eigenvalue weighted by Crippen LogP contribution is -2.13. The van der Waals surface area contributed by atoms with Crippen LogP contribution in [0.2, 0.25) is 10.4 Å². The van der Waals surface area contributed by atoms with Crippen molar-refractivity contribution in [2.45, 2.75) is 34.6 Å². The summed E-state index contributed by atoms with van der Waals surface area (Å²) in [4.78, 5) is 96.4. The second-order valence-corrected chi connectivity index (χ2v) is 26.3. The number of methoxy groups -OCH3 is 4. The smallest absolute Gasteiger partial charge is 0.357 e. The quantitative estimate of drug-likeness (QED) is 0.0118. The number of aromatic nitrogens is 16. The third-order valence-corrected chi connectivity index (χ3v) is 17.5. The Morgan fingerprint density at radius 2 is 0.736 bits per heavy atom. The van der Waals surface area contributed by atoms with Crippen molar-refractivity contribution in [2.24, 2.45) is 0 Å². The summed E-state index contributed by atoms with van der Waals surface area (Å²) >= 11 is 11.3. The molecule has 0 unspecified atom stereocenters. The lowest BCUT2D eigenvalue weighted by atomic mass is 10.1. The third-order valence-electron chi connectivity index (χ3n) is 17.1. The Bertz CT molecular complexity index is 6400. The molecule has 125 heavy (non-hydrogen) atoms. The largest absolute Gasteiger partial charge is 0.481 e. The predicted molar refractivity (Wildman–Crippen MR) is 477 cm³/mol. The monoisotopic (exact) mass is 1730 g/mol. The van der Waals surface area contributed by atoms with E-state index in [9.17, 15) is 34.6 Å². The number of hydrogen-bond acceptors (Lipinski definition) is 31. The average Bonchev–Trinajstić information content (AvgIpc) is 1.68. The van der Waals surface area contributed by atoms with Crippen LogP contribution in [0.25, 0.3) is 32.7 Å². The van der Waals surface area contributed by atoms with E-state index >= 15 is 0 Å². The first-order valence-corrected chi connectivity index (χ1v) is 37.6. The summed E-state index contributed by atoms with van der Waals surface area (Å²) in [5, 5.41) is 77.7. The molecular formula is C84H82Cl2N26O13. The second-order valence-electron chi connectivity index (χ2n) is 25.6. The first-order chi connectivity index (χ1) is 60.2. The van der Waals surface area contributed by atoms with Crippen LogP contribution in [0.15, 0.2) is 225 Å². The topological polar surface area (TPSA) is 554 Å². The van der Waals surface area contributed by atoms with Gasteiger partial charge in [0.15, 0.2) is 17.1 Å². The van der Waals surface area contributed by atoms with Crippen molar-refractivity contribution < 1.29 is 53.4 Å². The number of aliphatic hydroxyl groups is 1. The minimum absolute atomic E-state index is 0.0102. The number of halogens is 2. The maximum atomic E-state index is 12.7. The highest BCUT2D eigenvalue weighted by Gasteiger charge is 2.19. The molecule has 16 aromatic rings. The van der Waals surface area contributed by atoms with Gasteiger partial charge in [0.05, 0.1) is 60.5 Å². The Morgan fingerprint density at radius 1 is 0.400 bits per heavy atom. The molecule has 2 amide bonds. The van der Waals surface area contributed by atoms with Crippen molar-refractivity contribution in [3.8, 4) is 23.5 Å². The molecule has 0 spiro atoms. The number of nitrogens with zero attached hydrogens (tertiary/aromatic N) is 15. The van der Waals surface area contributed by atoms with Gasteiger partial charge in [0.25, 0.3) is 23.2 Å². The summed E-state index contributed by atoms with van der Waals surface area (Å²) in [6.45, 7) is 9.53. The van der Waals surface area contributed by atoms with E-state index in [1.54, 1.807) is 107 Å². The number of non-ortho nitro benzene ring substituents is 2. The van der Waals surface area contributed by atoms with E-state index in [-0.39, 0.29) is 34.2 Å². The zero-order valence-electron chi connectivity index (χ0n) is 68.4. The standard InChI is InChI=1S/C20H18N6O2.C19H15ClN6O.C12H12N4O3.C12H14N4O.C8H6N2O2.C7H8N2O2.C5H5ClN2O.CH4O/c1-12-7-8-13(11-16(12)23-20-21-10-9-17(24-20)28-2)22-19(27)18-14-5-3-4-6-15(14)25-26-18;1-11-6-7-12(10-15(11)23-19-21-9-8-16(20)24-19)22-18(27)17-13-4-2-3-5-14(13)25-26-17;1-8-3-4-9(16(17)18)7-10(8)14-12-13-6-5-11(15-12)19-2;1-8-3-4-9(13)7-10(8)15-12-14-6-5-11(16-12)17-2;11-8(12)7-5-3-1-2-4-6(5)9-10-7;1-5-2-3-6(9(10)11)4-7(5)8;1-9-4-2-3-7-5(6)8-4;1-2/h3-11H,1-2H3,(H,22,27)(H,25,26)(H,21,23,24);2-10H,1H3,(H,22,27)(H,25,26)(H,21,23,24);3-7H,1-2H3,(H,13,14,15);3-7H,13H2,1-2H3,(H,14,15,16);1-4H,(H,9,10)(H,11,12);2-4H,8H2,1H3;2-3H,1H3;2H,1H3. The molecule has 0 saturated heterocycles. The van der Waals surface area contributed by atoms with Crippen LogP contribution >= 0.6 is 23.2 Å². The Balaban J connectivity index is 0.000000170. The summed E-state index contributed by atoms with van der Waals surface area (Å²) in [5.41, 5.74) is 24.5. The highest BCUT2D eigenvalue weighted by molar-refractivity contribution is 6.29. The van der Waals surface area contributed by atoms with Gasteiger partial charge in [-0.1, -0.05) is 96.5 Å². The van der Waals surface area contributed by atoms with Crippen LogP contribution in [0.3, 0.4) is 0 Å². The highest BCUT2D eigenvalue weighted by atomic mass is 35.5. The molecule has 0 atom stereocenters. The first-order valence-electron chi connectivity index (χ1n) is 36.9. The summed E-state index contributed by atoms with van der Waals surface area (Å²) in [6.07, 6.45) is 7.89. The number of nitro benzene ring substituents is 2. The Kier molecular flexibility index (Phi) is 33.5. The molecule has 41 heteroatoms. The zero-order valence-corrected chi connectivity index (χ0v) is 69.9. The number of carboxylic acid groups (broad SMARTS) is 1. The molecule has 0 bridgehead atoms. The van der Waals surface area contributed by atoms with E-state index in [2.05, 4.69) is 112 Å². The number of aromatic carboxylic acids is 1. The highest BCUT2D eigenvalue weighted by Crippen LogP contribution is 2.30. The number of nitrogen functional groups attached to an aromatic ring is 2. The molecular weight excluding hydrogens is 1650 g/mol. The van der Waals surface area contributed by atoms with Crippen molar-refractivity contribution in [3.05, 3.63) is 301 Å². The first kappa shape index (κ1) is 92.2. The molecule has 0 saturated carbocycles. The van der Waals surface area contributed by atoms with E-state index < -0.39 is 15.8 Å². The number of nitrogens with two attached hydrogens (primary N) is 2. The lowest BCUT2D eigenvalue weighted by molar-refractivity contribution is -0.385. The number of carbonyl (C=O) groups excluding carboxylic acids is 2. The van der Waals surface area contributed by atoms with Gasteiger partial charge in [0, 0.05) is 143 Å². The second kappa shape index (κ2) is 45.5. The molecule has 15 N–H and O–H groups in total. The van der Waals surface area contributed by atoms with Crippen LogP contribution in [0.1, 0.15) is 59.3 Å². The van der Waals surface area contributed by atoms with Gasteiger partial charge in [0.1, 0.15) is 5.15 Å². The van der Waals surface area contributed by atoms with Gasteiger partial charge in [-0.3, -0.25) is 45.1 Å². The van der Waals surface area contributed by atoms with E-state index in [1.165, 1.54) is 44.7 Å². The number of amides is 2. The number of aromatic amines is 3. The number of benzene rings is 8. The maximum Gasteiger partial charge on any atom is 0.357 e. The van der Waals surface area contributed by atoms with Crippen LogP contribution < -0.4 is 62.3 Å². The van der Waals surface area contributed by atoms with E-state index in [4.69, 9.17) is 63.8 Å². The van der Waals surface area contributed by atoms with Crippen molar-refractivity contribution in [1.82, 2.24) is 80.4 Å². The number of anilines is 12. The molecule has 8 aromatic carbocycles. The van der Waals surface area contributed by atoms with Gasteiger partial charge < -0.3 is 72.5 Å². The summed E-state index contributed by atoms with van der Waals surface area (Å²) in [5.74, 6) is 1.89. The van der Waals surface area contributed by atoms with Crippen LogP contribution in [0.4, 0.5) is 80.7 Å². The number of rotatable bonds is 19. The van der Waals surface area contributed by atoms with E-state index in [0.717, 1.165) is 79.3 Å². The van der Waals surface area contributed by atoms with Gasteiger partial charge in [-0.05, 0) is 135 Å². The fraction of sp³-hybridized carbons (Fsp3) is 0.119. The minimum Gasteiger partial charge on any atom is -0.481 e. The Morgan fingerprint density at radius 3 is 1.12 bits per heavy atom. The molecule has 8 heterocycles. The molecule has 0 fully saturated rings. The number of nitrogens with one attached hydrogen (secondary N) is 9. The number of carbonyl (C=O) groups is 3. The van der Waals surface area contributed by atoms with Crippen molar-refractivity contribution in [3.63, 3.8) is 0 Å². The Hall–Kier alpha value is -16.7. The molecule has 0 radical (unpaired) electrons. The van der Waals surface area contributed by atoms with Gasteiger partial charge in [-0.15, -0.1) is 0 Å². The number of aliphatic hydroxyl groups excluding tert-OH is 1. The molecule has 39 nitrogen and oxygen atoms in total. The number of H-pyrrole nitrogens is 3. The molecule has 0 aliphatic carbocycles. The van der Waals surface area contributed by atoms with Crippen molar-refractivity contribution >= 4 is 154 Å². The zero-order chi connectivity index (χ0) is 90.1. The van der Waals surface area contributed by atoms with Crippen LogP contribution in [0, 0.1) is 54.8 Å². The summed E-state index contributed by atoms with van der Waals surface area (Å²) in [7, 11) is 7.15. The third kappa shape index (κ3) is 26.9. The average molecular weight is 1730 g/mol. The lowest BCUT2D eigenvalue weighted by Gasteiger charge is -2.11. The molecule has 8 aromatic heterocycles. The van der Waals surface area contributed by atoms with Crippen LogP contribution in [-0.2, 0) is 0 Å². The predicted octanol–water partition coefficient (Wildman–Crippen LogP) is 16.0. The van der Waals surface area contributed by atoms with E-state index in [0.29, 0.717) is 97.7 Å².